The highest BCUT2D eigenvalue weighted by molar-refractivity contribution is 5.89. The molecule has 0 radical (unpaired) electrons. The predicted octanol–water partition coefficient (Wildman–Crippen LogP) is 9.28. The number of carbonyl (C=O) groups is 2. The minimum atomic E-state index is -0.503. The van der Waals surface area contributed by atoms with E-state index in [0.29, 0.717) is 30.6 Å². The smallest absolute Gasteiger partial charge is 0.338 e. The molecule has 0 aliphatic carbocycles. The van der Waals surface area contributed by atoms with Crippen molar-refractivity contribution in [3.05, 3.63) is 64.7 Å². The van der Waals surface area contributed by atoms with Crippen LogP contribution in [0.15, 0.2) is 42.5 Å². The Balaban J connectivity index is 1.53. The summed E-state index contributed by atoms with van der Waals surface area (Å²) < 4.78 is 12.5. The van der Waals surface area contributed by atoms with Gasteiger partial charge in [0.2, 0.25) is 0 Å². The van der Waals surface area contributed by atoms with Crippen molar-refractivity contribution in [1.29, 1.82) is 0 Å². The van der Waals surface area contributed by atoms with E-state index in [1.807, 2.05) is 18.2 Å². The number of rotatable bonds is 7. The second-order valence-corrected chi connectivity index (χ2v) is 19.1. The molecule has 7 heteroatoms. The number of aryl methyl sites for hydroxylation is 1. The first kappa shape index (κ1) is 38.9. The number of esters is 2. The number of benzene rings is 2. The van der Waals surface area contributed by atoms with Gasteiger partial charge in [-0.05, 0) is 114 Å². The Bertz CT molecular complexity index is 1460. The maximum atomic E-state index is 13.6. The summed E-state index contributed by atoms with van der Waals surface area (Å²) in [6.07, 6.45) is 3.29. The molecular formula is C42H64N2O5. The molecule has 0 amide bonds. The molecule has 2 aromatic carbocycles. The van der Waals surface area contributed by atoms with Crippen LogP contribution in [-0.4, -0.2) is 61.4 Å². The number of nitrogens with zero attached hydrogens (tertiary/aromatic N) is 2. The van der Waals surface area contributed by atoms with Crippen LogP contribution in [0.3, 0.4) is 0 Å². The fourth-order valence-corrected chi connectivity index (χ4v) is 8.63. The number of hydrazine groups is 1. The Morgan fingerprint density at radius 2 is 1.29 bits per heavy atom. The quantitative estimate of drug-likeness (QED) is 0.293. The molecule has 1 N–H and O–H groups in total. The second-order valence-electron chi connectivity index (χ2n) is 19.1. The number of hydrogen-bond donors (Lipinski definition) is 1. The SMILES string of the molecule is CC(C)(C)c1cc(CCC(=O)OC2CCC(C)(C)N(N3C(C)(C)CC(OC(=O)c4ccccc4)CC3(C)C)C2(C)C)cc(C(C)(C)C)c1O. The molecular weight excluding hydrogens is 612 g/mol. The first-order valence-corrected chi connectivity index (χ1v) is 18.2. The Labute approximate surface area is 296 Å². The van der Waals surface area contributed by atoms with Crippen molar-refractivity contribution in [2.45, 2.75) is 181 Å². The summed E-state index contributed by atoms with van der Waals surface area (Å²) in [6, 6.07) is 13.3. The standard InChI is InChI=1S/C42H64N2O5/c1-37(2,3)31-24-28(25-32(35(31)46)38(4,5)6)20-21-34(45)49-33-22-23-39(7,8)44(42(33,13)14)43-40(9,10)26-30(27-41(43,11)12)48-36(47)29-18-16-15-17-19-29/h15-19,24-25,30,33,46H,20-23,26-27H2,1-14H3. The monoisotopic (exact) mass is 676 g/mol. The lowest BCUT2D eigenvalue weighted by Crippen LogP contribution is -2.78. The molecule has 272 valence electrons. The van der Waals surface area contributed by atoms with Gasteiger partial charge in [0.25, 0.3) is 0 Å². The molecule has 2 heterocycles. The normalized spacial score (nSPS) is 22.8. The average molecular weight is 677 g/mol. The van der Waals surface area contributed by atoms with E-state index in [1.165, 1.54) is 0 Å². The van der Waals surface area contributed by atoms with Crippen LogP contribution in [0.5, 0.6) is 5.75 Å². The lowest BCUT2D eigenvalue weighted by Gasteiger charge is -2.68. The van der Waals surface area contributed by atoms with Crippen molar-refractivity contribution in [1.82, 2.24) is 10.0 Å². The van der Waals surface area contributed by atoms with Gasteiger partial charge in [0.05, 0.1) is 11.1 Å². The van der Waals surface area contributed by atoms with Crippen LogP contribution in [0.25, 0.3) is 0 Å². The van der Waals surface area contributed by atoms with E-state index in [-0.39, 0.29) is 58.0 Å². The van der Waals surface area contributed by atoms with Gasteiger partial charge < -0.3 is 14.6 Å². The van der Waals surface area contributed by atoms with Crippen LogP contribution in [-0.2, 0) is 31.5 Å². The van der Waals surface area contributed by atoms with E-state index in [4.69, 9.17) is 9.47 Å². The van der Waals surface area contributed by atoms with Gasteiger partial charge in [-0.15, -0.1) is 0 Å². The minimum Gasteiger partial charge on any atom is -0.507 e. The number of hydrogen-bond acceptors (Lipinski definition) is 7. The van der Waals surface area contributed by atoms with Crippen LogP contribution in [0.2, 0.25) is 0 Å². The van der Waals surface area contributed by atoms with E-state index >= 15 is 0 Å². The molecule has 0 bridgehead atoms. The zero-order valence-corrected chi connectivity index (χ0v) is 32.9. The molecule has 49 heavy (non-hydrogen) atoms. The molecule has 0 aromatic heterocycles. The Kier molecular flexibility index (Phi) is 10.6. The Morgan fingerprint density at radius 1 is 0.776 bits per heavy atom. The van der Waals surface area contributed by atoms with Crippen molar-refractivity contribution >= 4 is 11.9 Å². The minimum absolute atomic E-state index is 0.201. The van der Waals surface area contributed by atoms with Crippen LogP contribution >= 0.6 is 0 Å². The topological polar surface area (TPSA) is 79.3 Å². The number of piperidine rings is 2. The zero-order valence-electron chi connectivity index (χ0n) is 32.9. The van der Waals surface area contributed by atoms with Gasteiger partial charge in [-0.25, -0.2) is 14.8 Å². The molecule has 1 atom stereocenters. The predicted molar refractivity (Wildman–Crippen MR) is 198 cm³/mol. The number of phenolic OH excluding ortho intramolecular Hbond substituents is 1. The molecule has 2 aromatic rings. The number of aromatic hydroxyl groups is 1. The van der Waals surface area contributed by atoms with Gasteiger partial charge in [0, 0.05) is 35.9 Å². The molecule has 7 nitrogen and oxygen atoms in total. The van der Waals surface area contributed by atoms with E-state index < -0.39 is 5.54 Å². The summed E-state index contributed by atoms with van der Waals surface area (Å²) in [5.41, 5.74) is 1.54. The maximum Gasteiger partial charge on any atom is 0.338 e. The first-order chi connectivity index (χ1) is 22.3. The van der Waals surface area contributed by atoms with Crippen LogP contribution in [0.4, 0.5) is 0 Å². The van der Waals surface area contributed by atoms with Gasteiger partial charge >= 0.3 is 11.9 Å². The van der Waals surface area contributed by atoms with Crippen molar-refractivity contribution in [3.8, 4) is 5.75 Å². The van der Waals surface area contributed by atoms with Crippen molar-refractivity contribution < 1.29 is 24.2 Å². The molecule has 2 aliphatic rings. The zero-order chi connectivity index (χ0) is 37.0. The summed E-state index contributed by atoms with van der Waals surface area (Å²) >= 11 is 0. The van der Waals surface area contributed by atoms with E-state index in [2.05, 4.69) is 119 Å². The molecule has 2 saturated heterocycles. The fraction of sp³-hybridized carbons (Fsp3) is 0.667. The highest BCUT2D eigenvalue weighted by atomic mass is 16.5. The molecule has 0 saturated carbocycles. The molecule has 2 aliphatic heterocycles. The van der Waals surface area contributed by atoms with Crippen LogP contribution < -0.4 is 0 Å². The third-order valence-electron chi connectivity index (χ3n) is 10.7. The third kappa shape index (κ3) is 8.36. The van der Waals surface area contributed by atoms with Gasteiger partial charge in [-0.2, -0.15) is 0 Å². The molecule has 0 spiro atoms. The van der Waals surface area contributed by atoms with Gasteiger partial charge in [0.1, 0.15) is 18.0 Å². The summed E-state index contributed by atoms with van der Waals surface area (Å²) in [4.78, 5) is 26.7. The van der Waals surface area contributed by atoms with Crippen molar-refractivity contribution in [3.63, 3.8) is 0 Å². The highest BCUT2D eigenvalue weighted by Crippen LogP contribution is 2.50. The summed E-state index contributed by atoms with van der Waals surface area (Å²) in [7, 11) is 0. The van der Waals surface area contributed by atoms with Gasteiger partial charge in [0.15, 0.2) is 0 Å². The molecule has 4 rings (SSSR count). The highest BCUT2D eigenvalue weighted by Gasteiger charge is 2.59. The Hall–Kier alpha value is -2.90. The van der Waals surface area contributed by atoms with E-state index in [0.717, 1.165) is 29.5 Å². The molecule has 1 unspecified atom stereocenters. The second kappa shape index (κ2) is 13.3. The number of carbonyl (C=O) groups excluding carboxylic acids is 2. The van der Waals surface area contributed by atoms with E-state index in [1.54, 1.807) is 12.1 Å². The summed E-state index contributed by atoms with van der Waals surface area (Å²) in [6.45, 7) is 30.5. The lowest BCUT2D eigenvalue weighted by molar-refractivity contribution is -0.300. The molecule has 2 fully saturated rings. The largest absolute Gasteiger partial charge is 0.507 e. The lowest BCUT2D eigenvalue weighted by atomic mass is 9.75. The Morgan fingerprint density at radius 3 is 1.78 bits per heavy atom. The number of phenols is 1. The summed E-state index contributed by atoms with van der Waals surface area (Å²) in [5.74, 6) is -0.138. The number of ether oxygens (including phenoxy) is 2. The average Bonchev–Trinajstić information content (AvgIpc) is 2.94. The van der Waals surface area contributed by atoms with Gasteiger partial charge in [-0.1, -0.05) is 71.9 Å². The van der Waals surface area contributed by atoms with Crippen LogP contribution in [0, 0.1) is 0 Å². The van der Waals surface area contributed by atoms with Crippen molar-refractivity contribution in [2.24, 2.45) is 0 Å². The van der Waals surface area contributed by atoms with Gasteiger partial charge in [-0.3, -0.25) is 4.79 Å². The first-order valence-electron chi connectivity index (χ1n) is 18.2. The van der Waals surface area contributed by atoms with Crippen LogP contribution in [0.1, 0.15) is 156 Å². The van der Waals surface area contributed by atoms with Crippen molar-refractivity contribution in [2.75, 3.05) is 0 Å². The summed E-state index contributed by atoms with van der Waals surface area (Å²) in [5, 5.41) is 16.2. The fourth-order valence-electron chi connectivity index (χ4n) is 8.63. The third-order valence-corrected chi connectivity index (χ3v) is 10.7. The van der Waals surface area contributed by atoms with E-state index in [9.17, 15) is 14.7 Å². The maximum absolute atomic E-state index is 13.6.